The zero-order valence-electron chi connectivity index (χ0n) is 29.3. The van der Waals surface area contributed by atoms with Gasteiger partial charge < -0.3 is 24.9 Å². The summed E-state index contributed by atoms with van der Waals surface area (Å²) in [5.74, 6) is 0.300. The van der Waals surface area contributed by atoms with Crippen LogP contribution in [0.5, 0.6) is 0 Å². The Morgan fingerprint density at radius 2 is 1.62 bits per heavy atom. The molecule has 2 aromatic heterocycles. The minimum atomic E-state index is -0.225. The Morgan fingerprint density at radius 3 is 2.19 bits per heavy atom. The third-order valence-corrected chi connectivity index (χ3v) is 7.49. The molecule has 2 aromatic carbocycles. The van der Waals surface area contributed by atoms with Gasteiger partial charge in [0.05, 0.1) is 5.56 Å². The van der Waals surface area contributed by atoms with E-state index in [4.69, 9.17) is 0 Å². The van der Waals surface area contributed by atoms with Crippen molar-refractivity contribution in [1.29, 1.82) is 0 Å². The van der Waals surface area contributed by atoms with Crippen molar-refractivity contribution in [1.82, 2.24) is 14.5 Å². The van der Waals surface area contributed by atoms with Crippen LogP contribution in [0, 0.1) is 6.92 Å². The Labute approximate surface area is 283 Å². The number of amides is 2. The number of hydrogen-bond donors (Lipinski definition) is 2. The summed E-state index contributed by atoms with van der Waals surface area (Å²) in [5.41, 5.74) is 5.54. The van der Waals surface area contributed by atoms with E-state index in [9.17, 15) is 19.2 Å². The molecule has 0 saturated heterocycles. The van der Waals surface area contributed by atoms with Gasteiger partial charge in [0.15, 0.2) is 0 Å². The Hall–Kier alpha value is -5.31. The molecule has 9 heteroatoms. The van der Waals surface area contributed by atoms with Gasteiger partial charge in [-0.15, -0.1) is 6.58 Å². The molecule has 2 heterocycles. The summed E-state index contributed by atoms with van der Waals surface area (Å²) in [7, 11) is 1.69. The van der Waals surface area contributed by atoms with Gasteiger partial charge in [-0.05, 0) is 85.7 Å². The summed E-state index contributed by atoms with van der Waals surface area (Å²) in [6.07, 6.45) is 5.82. The number of aryl methyl sites for hydroxylation is 1. The van der Waals surface area contributed by atoms with Crippen LogP contribution >= 0.6 is 0 Å². The van der Waals surface area contributed by atoms with Gasteiger partial charge in [0.25, 0.3) is 17.4 Å². The Kier molecular flexibility index (Phi) is 12.8. The van der Waals surface area contributed by atoms with E-state index < -0.39 is 0 Å². The molecule has 0 aliphatic heterocycles. The Morgan fingerprint density at radius 1 is 0.979 bits per heavy atom. The number of hydrogen-bond acceptors (Lipinski definition) is 6. The third kappa shape index (κ3) is 9.84. The van der Waals surface area contributed by atoms with Crippen molar-refractivity contribution in [2.45, 2.75) is 60.3 Å². The average Bonchev–Trinajstić information content (AvgIpc) is 3.03. The van der Waals surface area contributed by atoms with Crippen LogP contribution in [0.25, 0.3) is 11.1 Å². The van der Waals surface area contributed by atoms with Crippen molar-refractivity contribution in [2.75, 3.05) is 23.7 Å². The maximum atomic E-state index is 13.1. The van der Waals surface area contributed by atoms with Gasteiger partial charge in [-0.3, -0.25) is 14.4 Å². The fourth-order valence-electron chi connectivity index (χ4n) is 4.96. The van der Waals surface area contributed by atoms with Crippen LogP contribution in [0.1, 0.15) is 79.8 Å². The highest BCUT2D eigenvalue weighted by molar-refractivity contribution is 6.05. The molecule has 0 spiro atoms. The topological polar surface area (TPSA) is 113 Å². The zero-order chi connectivity index (χ0) is 35.6. The standard InChI is InChI=1S/C36H41N5O3.C3H6O/c1-8-19-41(20-9-2)34(43)26-15-18-32(37-22-26)38-31-21-27(23-40(7)35(31)44)29-11-10-12-30(24(29)3)39-33(42)25-13-16-28(17-14-25)36(4,5)6;1-3(2)4/h8,10-18,21-23H,1,9,19-20H2,2-7H3,(H,37,38)(H,39,42);1-2H3. The number of ketones is 1. The molecule has 2 N–H and O–H groups in total. The lowest BCUT2D eigenvalue weighted by atomic mass is 9.86. The van der Waals surface area contributed by atoms with Crippen molar-refractivity contribution in [3.8, 4) is 11.1 Å². The summed E-state index contributed by atoms with van der Waals surface area (Å²) in [4.78, 5) is 54.6. The maximum absolute atomic E-state index is 13.1. The van der Waals surface area contributed by atoms with E-state index in [1.165, 1.54) is 24.6 Å². The molecule has 0 fully saturated rings. The van der Waals surface area contributed by atoms with Crippen molar-refractivity contribution in [3.05, 3.63) is 118 Å². The van der Waals surface area contributed by atoms with E-state index in [0.29, 0.717) is 41.4 Å². The molecule has 4 rings (SSSR count). The molecule has 0 radical (unpaired) electrons. The van der Waals surface area contributed by atoms with Gasteiger partial charge in [-0.2, -0.15) is 0 Å². The van der Waals surface area contributed by atoms with Gasteiger partial charge in [-0.25, -0.2) is 4.98 Å². The lowest BCUT2D eigenvalue weighted by molar-refractivity contribution is -0.115. The van der Waals surface area contributed by atoms with Crippen LogP contribution in [-0.2, 0) is 17.3 Å². The number of carbonyl (C=O) groups is 3. The van der Waals surface area contributed by atoms with Gasteiger partial charge in [0.1, 0.15) is 17.3 Å². The smallest absolute Gasteiger partial charge is 0.274 e. The first-order valence-corrected chi connectivity index (χ1v) is 16.0. The van der Waals surface area contributed by atoms with E-state index in [1.807, 2.05) is 56.3 Å². The third-order valence-electron chi connectivity index (χ3n) is 7.49. The number of Topliss-reactive ketones (excluding diaryl/α,β-unsaturated/α-hetero) is 1. The number of nitrogens with one attached hydrogen (secondary N) is 2. The van der Waals surface area contributed by atoms with Crippen molar-refractivity contribution < 1.29 is 14.4 Å². The largest absolute Gasteiger partial charge is 0.336 e. The van der Waals surface area contributed by atoms with Gasteiger partial charge in [-0.1, -0.05) is 58.0 Å². The maximum Gasteiger partial charge on any atom is 0.274 e. The molecular weight excluding hydrogens is 602 g/mol. The number of anilines is 3. The van der Waals surface area contributed by atoms with E-state index in [-0.39, 0.29) is 28.6 Å². The molecular formula is C39H47N5O4. The van der Waals surface area contributed by atoms with Crippen molar-refractivity contribution >= 4 is 34.8 Å². The van der Waals surface area contributed by atoms with E-state index in [1.54, 1.807) is 42.4 Å². The highest BCUT2D eigenvalue weighted by Crippen LogP contribution is 2.30. The van der Waals surface area contributed by atoms with Gasteiger partial charge in [0, 0.05) is 49.3 Å². The fraction of sp³-hybridized carbons (Fsp3) is 0.308. The Balaban J connectivity index is 0.00000148. The molecule has 252 valence electrons. The summed E-state index contributed by atoms with van der Waals surface area (Å²) in [6, 6.07) is 18.5. The SMILES string of the molecule is C=CCN(CCC)C(=O)c1ccc(Nc2cc(-c3cccc(NC(=O)c4ccc(C(C)(C)C)cc4)c3C)cn(C)c2=O)nc1.CC(C)=O. The summed E-state index contributed by atoms with van der Waals surface area (Å²) >= 11 is 0. The molecule has 0 bridgehead atoms. The minimum Gasteiger partial charge on any atom is -0.336 e. The monoisotopic (exact) mass is 649 g/mol. The molecule has 0 atom stereocenters. The minimum absolute atomic E-state index is 0.00347. The fourth-order valence-corrected chi connectivity index (χ4v) is 4.96. The van der Waals surface area contributed by atoms with E-state index in [0.717, 1.165) is 28.7 Å². The van der Waals surface area contributed by atoms with Crippen LogP contribution < -0.4 is 16.2 Å². The van der Waals surface area contributed by atoms with Crippen LogP contribution in [-0.4, -0.2) is 45.1 Å². The number of pyridine rings is 2. The second-order valence-electron chi connectivity index (χ2n) is 12.8. The Bertz CT molecular complexity index is 1810. The molecule has 0 aliphatic carbocycles. The van der Waals surface area contributed by atoms with Crippen LogP contribution in [0.4, 0.5) is 17.2 Å². The zero-order valence-corrected chi connectivity index (χ0v) is 29.3. The van der Waals surface area contributed by atoms with Crippen LogP contribution in [0.3, 0.4) is 0 Å². The lowest BCUT2D eigenvalue weighted by Gasteiger charge is -2.20. The molecule has 2 amide bonds. The predicted octanol–water partition coefficient (Wildman–Crippen LogP) is 7.68. The first-order valence-electron chi connectivity index (χ1n) is 16.0. The quantitative estimate of drug-likeness (QED) is 0.170. The summed E-state index contributed by atoms with van der Waals surface area (Å²) < 4.78 is 1.51. The number of rotatable bonds is 10. The molecule has 4 aromatic rings. The first kappa shape index (κ1) is 37.2. The van der Waals surface area contributed by atoms with Gasteiger partial charge in [0.2, 0.25) is 0 Å². The number of aromatic nitrogens is 2. The number of benzene rings is 2. The summed E-state index contributed by atoms with van der Waals surface area (Å²) in [6.45, 7) is 18.3. The molecule has 0 aliphatic rings. The van der Waals surface area contributed by atoms with Crippen molar-refractivity contribution in [3.63, 3.8) is 0 Å². The normalized spacial score (nSPS) is 10.8. The highest BCUT2D eigenvalue weighted by Gasteiger charge is 2.17. The van der Waals surface area contributed by atoms with Crippen molar-refractivity contribution in [2.24, 2.45) is 7.05 Å². The van der Waals surface area contributed by atoms with Crippen LogP contribution in [0.2, 0.25) is 0 Å². The van der Waals surface area contributed by atoms with Crippen LogP contribution in [0.15, 0.2) is 90.5 Å². The number of nitrogens with zero attached hydrogens (tertiary/aromatic N) is 3. The molecule has 0 unspecified atom stereocenters. The molecule has 48 heavy (non-hydrogen) atoms. The molecule has 9 nitrogen and oxygen atoms in total. The first-order chi connectivity index (χ1) is 22.7. The highest BCUT2D eigenvalue weighted by atomic mass is 16.2. The summed E-state index contributed by atoms with van der Waals surface area (Å²) in [5, 5.41) is 6.16. The lowest BCUT2D eigenvalue weighted by Crippen LogP contribution is -2.31. The average molecular weight is 650 g/mol. The van der Waals surface area contributed by atoms with Gasteiger partial charge >= 0.3 is 0 Å². The molecule has 0 saturated carbocycles. The second kappa shape index (κ2) is 16.5. The predicted molar refractivity (Wildman–Crippen MR) is 195 cm³/mol. The van der Waals surface area contributed by atoms with E-state index in [2.05, 4.69) is 43.0 Å². The number of carbonyl (C=O) groups excluding carboxylic acids is 3. The second-order valence-corrected chi connectivity index (χ2v) is 12.8. The van der Waals surface area contributed by atoms with E-state index >= 15 is 0 Å².